The molecule has 22 heavy (non-hydrogen) atoms. The van der Waals surface area contributed by atoms with Gasteiger partial charge in [-0.1, -0.05) is 19.4 Å². The van der Waals surface area contributed by atoms with Crippen molar-refractivity contribution in [2.45, 2.75) is 32.7 Å². The molecule has 1 aliphatic rings. The molecule has 0 aliphatic carbocycles. The molecule has 4 nitrogen and oxygen atoms in total. The van der Waals surface area contributed by atoms with Gasteiger partial charge in [-0.25, -0.2) is 0 Å². The summed E-state index contributed by atoms with van der Waals surface area (Å²) in [6.45, 7) is 9.12. The number of likely N-dealkylation sites (tertiary alicyclic amines) is 1. The average Bonchev–Trinajstić information content (AvgIpc) is 2.59. The molecule has 1 heterocycles. The first kappa shape index (κ1) is 17.1. The Hall–Kier alpha value is -1.26. The van der Waals surface area contributed by atoms with E-state index in [1.165, 1.54) is 44.5 Å². The maximum atomic E-state index is 5.40. The van der Waals surface area contributed by atoms with Crippen LogP contribution in [0.2, 0.25) is 0 Å². The van der Waals surface area contributed by atoms with Crippen LogP contribution in [-0.4, -0.2) is 56.7 Å². The van der Waals surface area contributed by atoms with Crippen LogP contribution in [0.25, 0.3) is 0 Å². The van der Waals surface area contributed by atoms with E-state index >= 15 is 0 Å². The number of hydrogen-bond donors (Lipinski definition) is 0. The van der Waals surface area contributed by atoms with Crippen molar-refractivity contribution in [2.24, 2.45) is 0 Å². The molecule has 0 atom stereocenters. The van der Waals surface area contributed by atoms with E-state index in [9.17, 15) is 0 Å². The van der Waals surface area contributed by atoms with Gasteiger partial charge in [-0.15, -0.1) is 0 Å². The number of piperidine rings is 1. The summed E-state index contributed by atoms with van der Waals surface area (Å²) in [7, 11) is 3.37. The van der Waals surface area contributed by atoms with Crippen molar-refractivity contribution >= 4 is 0 Å². The van der Waals surface area contributed by atoms with Crippen molar-refractivity contribution < 1.29 is 9.47 Å². The standard InChI is InChI=1S/C18H30N2O2/c1-4-19(12-13-20-10-6-5-7-11-20)15-16-8-9-17(21-2)18(14-16)22-3/h8-9,14H,4-7,10-13,15H2,1-3H3. The molecule has 0 saturated carbocycles. The average molecular weight is 306 g/mol. The fourth-order valence-electron chi connectivity index (χ4n) is 3.05. The lowest BCUT2D eigenvalue weighted by Crippen LogP contribution is -2.37. The van der Waals surface area contributed by atoms with Crippen LogP contribution in [0.1, 0.15) is 31.7 Å². The largest absolute Gasteiger partial charge is 0.493 e. The number of nitrogens with zero attached hydrogens (tertiary/aromatic N) is 2. The summed E-state index contributed by atoms with van der Waals surface area (Å²) in [5, 5.41) is 0. The first-order valence-corrected chi connectivity index (χ1v) is 8.42. The van der Waals surface area contributed by atoms with Gasteiger partial charge in [-0.3, -0.25) is 4.90 Å². The highest BCUT2D eigenvalue weighted by Crippen LogP contribution is 2.28. The number of benzene rings is 1. The third-order valence-corrected chi connectivity index (χ3v) is 4.48. The Morgan fingerprint density at radius 3 is 2.41 bits per heavy atom. The van der Waals surface area contributed by atoms with Gasteiger partial charge in [0.05, 0.1) is 14.2 Å². The van der Waals surface area contributed by atoms with Gasteiger partial charge in [0, 0.05) is 19.6 Å². The summed E-state index contributed by atoms with van der Waals surface area (Å²) in [6, 6.07) is 6.21. The van der Waals surface area contributed by atoms with E-state index in [4.69, 9.17) is 9.47 Å². The molecule has 2 rings (SSSR count). The molecule has 1 fully saturated rings. The van der Waals surface area contributed by atoms with Crippen molar-refractivity contribution in [1.82, 2.24) is 9.80 Å². The van der Waals surface area contributed by atoms with E-state index < -0.39 is 0 Å². The third-order valence-electron chi connectivity index (χ3n) is 4.48. The van der Waals surface area contributed by atoms with Crippen LogP contribution in [0.4, 0.5) is 0 Å². The van der Waals surface area contributed by atoms with Gasteiger partial charge >= 0.3 is 0 Å². The maximum Gasteiger partial charge on any atom is 0.161 e. The number of methoxy groups -OCH3 is 2. The summed E-state index contributed by atoms with van der Waals surface area (Å²) < 4.78 is 10.7. The predicted octanol–water partition coefficient (Wildman–Crippen LogP) is 3.01. The van der Waals surface area contributed by atoms with Gasteiger partial charge in [0.25, 0.3) is 0 Å². The molecule has 0 unspecified atom stereocenters. The maximum absolute atomic E-state index is 5.40. The zero-order chi connectivity index (χ0) is 15.8. The van der Waals surface area contributed by atoms with E-state index in [1.54, 1.807) is 14.2 Å². The van der Waals surface area contributed by atoms with Crippen molar-refractivity contribution in [3.63, 3.8) is 0 Å². The van der Waals surface area contributed by atoms with E-state index in [0.29, 0.717) is 0 Å². The number of rotatable bonds is 8. The quantitative estimate of drug-likeness (QED) is 0.737. The lowest BCUT2D eigenvalue weighted by molar-refractivity contribution is 0.181. The summed E-state index contributed by atoms with van der Waals surface area (Å²) in [4.78, 5) is 5.09. The molecule has 1 aromatic rings. The number of ether oxygens (including phenoxy) is 2. The minimum Gasteiger partial charge on any atom is -0.493 e. The molecule has 124 valence electrons. The van der Waals surface area contributed by atoms with Gasteiger partial charge in [-0.2, -0.15) is 0 Å². The normalized spacial score (nSPS) is 16.0. The molecular formula is C18H30N2O2. The highest BCUT2D eigenvalue weighted by atomic mass is 16.5. The van der Waals surface area contributed by atoms with Crippen LogP contribution in [0.15, 0.2) is 18.2 Å². The zero-order valence-electron chi connectivity index (χ0n) is 14.3. The van der Waals surface area contributed by atoms with Gasteiger partial charge in [-0.05, 0) is 50.2 Å². The Morgan fingerprint density at radius 1 is 1.05 bits per heavy atom. The fourth-order valence-corrected chi connectivity index (χ4v) is 3.05. The predicted molar refractivity (Wildman–Crippen MR) is 90.8 cm³/mol. The van der Waals surface area contributed by atoms with Crippen LogP contribution < -0.4 is 9.47 Å². The van der Waals surface area contributed by atoms with Crippen molar-refractivity contribution in [1.29, 1.82) is 0 Å². The van der Waals surface area contributed by atoms with E-state index in [2.05, 4.69) is 28.9 Å². The first-order valence-electron chi connectivity index (χ1n) is 8.42. The number of likely N-dealkylation sites (N-methyl/N-ethyl adjacent to an activating group) is 1. The fraction of sp³-hybridized carbons (Fsp3) is 0.667. The Kier molecular flexibility index (Phi) is 7.00. The van der Waals surface area contributed by atoms with Gasteiger partial charge < -0.3 is 14.4 Å². The van der Waals surface area contributed by atoms with Gasteiger partial charge in [0.2, 0.25) is 0 Å². The van der Waals surface area contributed by atoms with Crippen molar-refractivity contribution in [3.8, 4) is 11.5 Å². The zero-order valence-corrected chi connectivity index (χ0v) is 14.3. The third kappa shape index (κ3) is 4.89. The first-order chi connectivity index (χ1) is 10.8. The smallest absolute Gasteiger partial charge is 0.161 e. The topological polar surface area (TPSA) is 24.9 Å². The van der Waals surface area contributed by atoms with Crippen LogP contribution in [0, 0.1) is 0 Å². The Morgan fingerprint density at radius 2 is 1.77 bits per heavy atom. The molecule has 0 aromatic heterocycles. The monoisotopic (exact) mass is 306 g/mol. The Labute approximate surface area is 135 Å². The second kappa shape index (κ2) is 9.01. The minimum atomic E-state index is 0.794. The lowest BCUT2D eigenvalue weighted by Gasteiger charge is -2.29. The molecule has 4 heteroatoms. The van der Waals surface area contributed by atoms with E-state index in [-0.39, 0.29) is 0 Å². The van der Waals surface area contributed by atoms with Crippen LogP contribution >= 0.6 is 0 Å². The molecule has 1 aromatic carbocycles. The highest BCUT2D eigenvalue weighted by Gasteiger charge is 2.12. The van der Waals surface area contributed by atoms with Gasteiger partial charge in [0.15, 0.2) is 11.5 Å². The second-order valence-electron chi connectivity index (χ2n) is 5.96. The summed E-state index contributed by atoms with van der Waals surface area (Å²) in [5.41, 5.74) is 1.28. The molecule has 0 spiro atoms. The summed E-state index contributed by atoms with van der Waals surface area (Å²) in [6.07, 6.45) is 4.13. The van der Waals surface area contributed by atoms with Crippen molar-refractivity contribution in [2.75, 3.05) is 46.9 Å². The molecule has 0 amide bonds. The molecule has 0 bridgehead atoms. The number of hydrogen-bond acceptors (Lipinski definition) is 4. The second-order valence-corrected chi connectivity index (χ2v) is 5.96. The summed E-state index contributed by atoms with van der Waals surface area (Å²) in [5.74, 6) is 1.61. The Bertz CT molecular complexity index is 445. The van der Waals surface area contributed by atoms with Crippen molar-refractivity contribution in [3.05, 3.63) is 23.8 Å². The van der Waals surface area contributed by atoms with Crippen LogP contribution in [0.3, 0.4) is 0 Å². The molecule has 1 aliphatic heterocycles. The lowest BCUT2D eigenvalue weighted by atomic mass is 10.1. The summed E-state index contributed by atoms with van der Waals surface area (Å²) >= 11 is 0. The van der Waals surface area contributed by atoms with Crippen LogP contribution in [-0.2, 0) is 6.54 Å². The van der Waals surface area contributed by atoms with E-state index in [1.807, 2.05) is 6.07 Å². The highest BCUT2D eigenvalue weighted by molar-refractivity contribution is 5.42. The molecule has 1 saturated heterocycles. The van der Waals surface area contributed by atoms with E-state index in [0.717, 1.165) is 31.1 Å². The molecule has 0 N–H and O–H groups in total. The molecular weight excluding hydrogens is 276 g/mol. The molecule has 0 radical (unpaired) electrons. The SMILES string of the molecule is CCN(CCN1CCCCC1)Cc1ccc(OC)c(OC)c1. The minimum absolute atomic E-state index is 0.794. The van der Waals surface area contributed by atoms with Crippen LogP contribution in [0.5, 0.6) is 11.5 Å². The van der Waals surface area contributed by atoms with Gasteiger partial charge in [0.1, 0.15) is 0 Å². The Balaban J connectivity index is 1.88.